The van der Waals surface area contributed by atoms with Gasteiger partial charge < -0.3 is 4.57 Å². The molecule has 0 aliphatic rings. The van der Waals surface area contributed by atoms with Crippen LogP contribution in [-0.4, -0.2) is 15.8 Å². The van der Waals surface area contributed by atoms with Crippen molar-refractivity contribution in [2.24, 2.45) is 7.05 Å². The van der Waals surface area contributed by atoms with Gasteiger partial charge in [0.05, 0.1) is 10.6 Å². The minimum atomic E-state index is 0.605. The molecule has 3 nitrogen and oxygen atoms in total. The zero-order chi connectivity index (χ0) is 9.42. The van der Waals surface area contributed by atoms with Crippen molar-refractivity contribution >= 4 is 29.9 Å². The summed E-state index contributed by atoms with van der Waals surface area (Å²) in [5.74, 6) is 0. The summed E-state index contributed by atoms with van der Waals surface area (Å²) in [6.07, 6.45) is 2.51. The molecule has 2 heterocycles. The van der Waals surface area contributed by atoms with Gasteiger partial charge in [0.2, 0.25) is 0 Å². The van der Waals surface area contributed by atoms with Crippen LogP contribution >= 0.6 is 12.6 Å². The Bertz CT molecular complexity index is 476. The summed E-state index contributed by atoms with van der Waals surface area (Å²) >= 11 is 4.24. The molecule has 0 N–H and O–H groups in total. The minimum Gasteiger partial charge on any atom is -0.323 e. The van der Waals surface area contributed by atoms with Gasteiger partial charge in [-0.2, -0.15) is 0 Å². The average molecular weight is 192 g/mol. The third-order valence-corrected chi connectivity index (χ3v) is 2.61. The summed E-state index contributed by atoms with van der Waals surface area (Å²) in [5, 5.41) is 1.51. The number of rotatable bonds is 1. The zero-order valence-electron chi connectivity index (χ0n) is 7.06. The van der Waals surface area contributed by atoms with Crippen molar-refractivity contribution in [2.45, 2.75) is 5.03 Å². The fourth-order valence-electron chi connectivity index (χ4n) is 1.39. The summed E-state index contributed by atoms with van der Waals surface area (Å²) in [4.78, 5) is 14.9. The Morgan fingerprint density at radius 3 is 3.08 bits per heavy atom. The second kappa shape index (κ2) is 2.88. The van der Waals surface area contributed by atoms with E-state index in [1.807, 2.05) is 19.2 Å². The Balaban J connectivity index is 2.98. The SMILES string of the molecule is Cn1c(S)c(C=O)c2cccnc21. The molecule has 0 saturated carbocycles. The van der Waals surface area contributed by atoms with Crippen molar-refractivity contribution in [3.8, 4) is 0 Å². The zero-order valence-corrected chi connectivity index (χ0v) is 7.95. The Hall–Kier alpha value is -1.29. The summed E-state index contributed by atoms with van der Waals surface area (Å²) in [7, 11) is 1.84. The highest BCUT2D eigenvalue weighted by Gasteiger charge is 2.11. The molecule has 0 aromatic carbocycles. The summed E-state index contributed by atoms with van der Waals surface area (Å²) in [6.45, 7) is 0. The van der Waals surface area contributed by atoms with Crippen LogP contribution in [0.15, 0.2) is 23.4 Å². The highest BCUT2D eigenvalue weighted by atomic mass is 32.1. The standard InChI is InChI=1S/C9H8N2OS/c1-11-8-6(3-2-4-10-8)7(5-12)9(11)13/h2-5,13H,1H3. The number of pyridine rings is 1. The quantitative estimate of drug-likeness (QED) is 0.551. The number of nitrogens with zero attached hydrogens (tertiary/aromatic N) is 2. The van der Waals surface area contributed by atoms with Crippen LogP contribution in [0.25, 0.3) is 11.0 Å². The smallest absolute Gasteiger partial charge is 0.153 e. The van der Waals surface area contributed by atoms with E-state index in [-0.39, 0.29) is 0 Å². The second-order valence-corrected chi connectivity index (χ2v) is 3.21. The van der Waals surface area contributed by atoms with Crippen molar-refractivity contribution in [3.63, 3.8) is 0 Å². The van der Waals surface area contributed by atoms with E-state index < -0.39 is 0 Å². The first-order chi connectivity index (χ1) is 6.25. The van der Waals surface area contributed by atoms with Crippen LogP contribution in [-0.2, 0) is 7.05 Å². The molecule has 0 spiro atoms. The van der Waals surface area contributed by atoms with E-state index in [9.17, 15) is 4.79 Å². The van der Waals surface area contributed by atoms with Gasteiger partial charge >= 0.3 is 0 Å². The Kier molecular flexibility index (Phi) is 1.84. The second-order valence-electron chi connectivity index (χ2n) is 2.79. The molecular weight excluding hydrogens is 184 g/mol. The van der Waals surface area contributed by atoms with E-state index in [0.29, 0.717) is 10.6 Å². The van der Waals surface area contributed by atoms with Crippen LogP contribution in [0.5, 0.6) is 0 Å². The number of thiol groups is 1. The van der Waals surface area contributed by atoms with Crippen molar-refractivity contribution < 1.29 is 4.79 Å². The van der Waals surface area contributed by atoms with E-state index in [2.05, 4.69) is 17.6 Å². The van der Waals surface area contributed by atoms with Gasteiger partial charge in [-0.3, -0.25) is 4.79 Å². The van der Waals surface area contributed by atoms with E-state index in [0.717, 1.165) is 17.3 Å². The van der Waals surface area contributed by atoms with E-state index in [1.54, 1.807) is 10.8 Å². The first-order valence-corrected chi connectivity index (χ1v) is 4.28. The van der Waals surface area contributed by atoms with Crippen LogP contribution in [0.2, 0.25) is 0 Å². The fourth-order valence-corrected chi connectivity index (χ4v) is 1.66. The van der Waals surface area contributed by atoms with Crippen LogP contribution in [0.4, 0.5) is 0 Å². The molecule has 0 unspecified atom stereocenters. The van der Waals surface area contributed by atoms with E-state index in [4.69, 9.17) is 0 Å². The number of aromatic nitrogens is 2. The predicted octanol–water partition coefficient (Wildman–Crippen LogP) is 1.67. The summed E-state index contributed by atoms with van der Waals surface area (Å²) in [6, 6.07) is 3.67. The molecule has 0 bridgehead atoms. The van der Waals surface area contributed by atoms with Crippen molar-refractivity contribution in [1.29, 1.82) is 0 Å². The monoisotopic (exact) mass is 192 g/mol. The lowest BCUT2D eigenvalue weighted by molar-refractivity contribution is 0.112. The number of hydrogen-bond donors (Lipinski definition) is 1. The highest BCUT2D eigenvalue weighted by Crippen LogP contribution is 2.24. The number of aryl methyl sites for hydroxylation is 1. The average Bonchev–Trinajstić information content (AvgIpc) is 2.41. The molecule has 2 aromatic rings. The number of hydrogen-bond acceptors (Lipinski definition) is 3. The molecule has 0 fully saturated rings. The molecule has 0 aliphatic carbocycles. The fraction of sp³-hybridized carbons (Fsp3) is 0.111. The lowest BCUT2D eigenvalue weighted by atomic mass is 10.2. The molecule has 2 rings (SSSR count). The van der Waals surface area contributed by atoms with Gasteiger partial charge in [0.15, 0.2) is 6.29 Å². The first-order valence-electron chi connectivity index (χ1n) is 3.83. The number of fused-ring (bicyclic) bond motifs is 1. The molecule has 0 saturated heterocycles. The number of carbonyl (C=O) groups is 1. The summed E-state index contributed by atoms with van der Waals surface area (Å²) < 4.78 is 1.79. The van der Waals surface area contributed by atoms with Crippen molar-refractivity contribution in [2.75, 3.05) is 0 Å². The molecule has 0 radical (unpaired) electrons. The maximum Gasteiger partial charge on any atom is 0.153 e. The van der Waals surface area contributed by atoms with Gasteiger partial charge in [0.1, 0.15) is 5.65 Å². The third kappa shape index (κ3) is 1.06. The van der Waals surface area contributed by atoms with Crippen LogP contribution in [0.3, 0.4) is 0 Å². The van der Waals surface area contributed by atoms with Crippen molar-refractivity contribution in [1.82, 2.24) is 9.55 Å². The number of carbonyl (C=O) groups excluding carboxylic acids is 1. The lowest BCUT2D eigenvalue weighted by Crippen LogP contribution is -1.89. The van der Waals surface area contributed by atoms with Crippen LogP contribution in [0, 0.1) is 0 Å². The van der Waals surface area contributed by atoms with Gasteiger partial charge in [-0.25, -0.2) is 4.98 Å². The topological polar surface area (TPSA) is 34.9 Å². The van der Waals surface area contributed by atoms with Crippen molar-refractivity contribution in [3.05, 3.63) is 23.9 Å². The molecule has 0 atom stereocenters. The third-order valence-electron chi connectivity index (χ3n) is 2.07. The highest BCUT2D eigenvalue weighted by molar-refractivity contribution is 7.80. The summed E-state index contributed by atoms with van der Waals surface area (Å²) in [5.41, 5.74) is 1.39. The molecule has 66 valence electrons. The molecule has 0 amide bonds. The Morgan fingerprint density at radius 1 is 1.62 bits per heavy atom. The largest absolute Gasteiger partial charge is 0.323 e. The van der Waals surface area contributed by atoms with Crippen LogP contribution < -0.4 is 0 Å². The van der Waals surface area contributed by atoms with Gasteiger partial charge in [-0.15, -0.1) is 12.6 Å². The normalized spacial score (nSPS) is 10.6. The van der Waals surface area contributed by atoms with Crippen LogP contribution in [0.1, 0.15) is 10.4 Å². The Labute approximate surface area is 80.8 Å². The predicted molar refractivity (Wildman–Crippen MR) is 53.4 cm³/mol. The van der Waals surface area contributed by atoms with E-state index >= 15 is 0 Å². The van der Waals surface area contributed by atoms with Gasteiger partial charge in [-0.1, -0.05) is 0 Å². The molecule has 4 heteroatoms. The lowest BCUT2D eigenvalue weighted by Gasteiger charge is -1.94. The maximum absolute atomic E-state index is 10.8. The Morgan fingerprint density at radius 2 is 2.38 bits per heavy atom. The maximum atomic E-state index is 10.8. The molecular formula is C9H8N2OS. The van der Waals surface area contributed by atoms with Gasteiger partial charge in [0.25, 0.3) is 0 Å². The minimum absolute atomic E-state index is 0.605. The van der Waals surface area contributed by atoms with Gasteiger partial charge in [-0.05, 0) is 12.1 Å². The first kappa shape index (κ1) is 8.31. The van der Waals surface area contributed by atoms with E-state index in [1.165, 1.54) is 0 Å². The van der Waals surface area contributed by atoms with Gasteiger partial charge in [0, 0.05) is 18.6 Å². The molecule has 0 aliphatic heterocycles. The molecule has 13 heavy (non-hydrogen) atoms. The molecule has 2 aromatic heterocycles. The number of aldehydes is 1.